The Balaban J connectivity index is 1.42. The normalized spacial score (nSPS) is 11.9. The zero-order valence-corrected chi connectivity index (χ0v) is 22.0. The summed E-state index contributed by atoms with van der Waals surface area (Å²) in [6.45, 7) is 0. The third-order valence-electron chi connectivity index (χ3n) is 8.28. The largest absolute Gasteiger partial charge is 0.455 e. The average molecular weight is 523 g/mol. The molecular formula is C38H22N2O. The molecule has 3 heteroatoms. The van der Waals surface area contributed by atoms with Gasteiger partial charge in [0, 0.05) is 49.6 Å². The van der Waals surface area contributed by atoms with Crippen molar-refractivity contribution in [2.45, 2.75) is 0 Å². The third-order valence-corrected chi connectivity index (χ3v) is 8.28. The van der Waals surface area contributed by atoms with Gasteiger partial charge >= 0.3 is 0 Å². The Morgan fingerprint density at radius 3 is 2.22 bits per heavy atom. The van der Waals surface area contributed by atoms with Gasteiger partial charge in [0.1, 0.15) is 11.2 Å². The van der Waals surface area contributed by atoms with Crippen LogP contribution in [0.3, 0.4) is 0 Å². The summed E-state index contributed by atoms with van der Waals surface area (Å²) in [4.78, 5) is 10.00. The van der Waals surface area contributed by atoms with Crippen LogP contribution < -0.4 is 0 Å². The number of hydrogen-bond acceptors (Lipinski definition) is 3. The third kappa shape index (κ3) is 3.26. The summed E-state index contributed by atoms with van der Waals surface area (Å²) in [5.41, 5.74) is 7.98. The first-order valence-corrected chi connectivity index (χ1v) is 13.8. The Morgan fingerprint density at radius 1 is 0.488 bits per heavy atom. The number of rotatable bonds is 2. The fourth-order valence-electron chi connectivity index (χ4n) is 6.43. The van der Waals surface area contributed by atoms with Gasteiger partial charge < -0.3 is 4.42 Å². The molecule has 41 heavy (non-hydrogen) atoms. The number of aromatic nitrogens is 2. The molecule has 0 atom stereocenters. The van der Waals surface area contributed by atoms with Crippen LogP contribution in [-0.4, -0.2) is 9.97 Å². The van der Waals surface area contributed by atoms with Crippen molar-refractivity contribution in [1.29, 1.82) is 0 Å². The Labute approximate surface area is 235 Å². The maximum atomic E-state index is 6.39. The second-order valence-corrected chi connectivity index (χ2v) is 10.6. The van der Waals surface area contributed by atoms with Gasteiger partial charge in [-0.2, -0.15) is 0 Å². The van der Waals surface area contributed by atoms with Crippen LogP contribution in [-0.2, 0) is 0 Å². The monoisotopic (exact) mass is 522 g/mol. The molecule has 0 fully saturated rings. The summed E-state index contributed by atoms with van der Waals surface area (Å²) in [5, 5.41) is 9.29. The van der Waals surface area contributed by atoms with E-state index in [4.69, 9.17) is 9.40 Å². The first-order chi connectivity index (χ1) is 20.3. The van der Waals surface area contributed by atoms with Crippen LogP contribution in [0.25, 0.3) is 87.7 Å². The van der Waals surface area contributed by atoms with Gasteiger partial charge in [0.25, 0.3) is 0 Å². The minimum atomic E-state index is 0.901. The van der Waals surface area contributed by atoms with E-state index in [9.17, 15) is 0 Å². The van der Waals surface area contributed by atoms with Gasteiger partial charge in [0.2, 0.25) is 0 Å². The smallest absolute Gasteiger partial charge is 0.143 e. The predicted octanol–water partition coefficient (Wildman–Crippen LogP) is 10.3. The Hall–Kier alpha value is -5.54. The fourth-order valence-corrected chi connectivity index (χ4v) is 6.43. The predicted molar refractivity (Wildman–Crippen MR) is 170 cm³/mol. The summed E-state index contributed by atoms with van der Waals surface area (Å²) in [7, 11) is 0. The fraction of sp³-hybridized carbons (Fsp3) is 0. The minimum absolute atomic E-state index is 0.901. The lowest BCUT2D eigenvalue weighted by Crippen LogP contribution is -1.92. The molecule has 3 nitrogen and oxygen atoms in total. The number of benzene rings is 6. The molecule has 0 aliphatic carbocycles. The molecule has 190 valence electrons. The number of nitrogens with zero attached hydrogens (tertiary/aromatic N) is 2. The van der Waals surface area contributed by atoms with Crippen molar-refractivity contribution in [1.82, 2.24) is 9.97 Å². The van der Waals surface area contributed by atoms with Crippen molar-refractivity contribution in [2.75, 3.05) is 0 Å². The summed E-state index contributed by atoms with van der Waals surface area (Å²) < 4.78 is 6.39. The average Bonchev–Trinajstić information content (AvgIpc) is 3.43. The molecule has 0 radical (unpaired) electrons. The summed E-state index contributed by atoms with van der Waals surface area (Å²) in [5.74, 6) is 0. The van der Waals surface area contributed by atoms with Gasteiger partial charge in [-0.25, -0.2) is 4.98 Å². The van der Waals surface area contributed by atoms with Crippen LogP contribution in [0, 0.1) is 0 Å². The molecule has 3 aromatic heterocycles. The van der Waals surface area contributed by atoms with Crippen molar-refractivity contribution >= 4 is 65.3 Å². The summed E-state index contributed by atoms with van der Waals surface area (Å²) >= 11 is 0. The van der Waals surface area contributed by atoms with Crippen LogP contribution in [0.2, 0.25) is 0 Å². The van der Waals surface area contributed by atoms with E-state index in [1.54, 1.807) is 0 Å². The molecule has 0 aliphatic rings. The highest BCUT2D eigenvalue weighted by atomic mass is 16.3. The Morgan fingerprint density at radius 2 is 1.27 bits per heavy atom. The lowest BCUT2D eigenvalue weighted by molar-refractivity contribution is 0.670. The van der Waals surface area contributed by atoms with Crippen LogP contribution >= 0.6 is 0 Å². The van der Waals surface area contributed by atoms with E-state index in [1.807, 2.05) is 30.5 Å². The zero-order chi connectivity index (χ0) is 26.9. The highest BCUT2D eigenvalue weighted by molar-refractivity contribution is 6.28. The van der Waals surface area contributed by atoms with Crippen LogP contribution in [0.5, 0.6) is 0 Å². The molecule has 6 aromatic carbocycles. The molecule has 0 unspecified atom stereocenters. The van der Waals surface area contributed by atoms with Gasteiger partial charge in [-0.3, -0.25) is 4.98 Å². The number of furan rings is 1. The van der Waals surface area contributed by atoms with Crippen LogP contribution in [0.1, 0.15) is 0 Å². The van der Waals surface area contributed by atoms with Crippen molar-refractivity contribution in [3.05, 3.63) is 134 Å². The highest BCUT2D eigenvalue weighted by Crippen LogP contribution is 2.42. The van der Waals surface area contributed by atoms with Crippen molar-refractivity contribution in [3.8, 4) is 22.4 Å². The molecule has 0 bridgehead atoms. The Bertz CT molecular complexity index is 2470. The molecule has 0 amide bonds. The van der Waals surface area contributed by atoms with E-state index in [-0.39, 0.29) is 0 Å². The van der Waals surface area contributed by atoms with Crippen molar-refractivity contribution in [2.24, 2.45) is 0 Å². The van der Waals surface area contributed by atoms with Gasteiger partial charge in [-0.1, -0.05) is 103 Å². The quantitative estimate of drug-likeness (QED) is 0.212. The van der Waals surface area contributed by atoms with E-state index in [1.165, 1.54) is 16.2 Å². The van der Waals surface area contributed by atoms with E-state index in [2.05, 4.69) is 108 Å². The van der Waals surface area contributed by atoms with E-state index in [0.717, 1.165) is 71.5 Å². The van der Waals surface area contributed by atoms with Crippen molar-refractivity contribution in [3.63, 3.8) is 0 Å². The molecule has 0 aliphatic heterocycles. The van der Waals surface area contributed by atoms with E-state index >= 15 is 0 Å². The first kappa shape index (κ1) is 22.3. The number of para-hydroxylation sites is 2. The lowest BCUT2D eigenvalue weighted by atomic mass is 9.92. The number of pyridine rings is 2. The summed E-state index contributed by atoms with van der Waals surface area (Å²) in [6.07, 6.45) is 1.86. The zero-order valence-electron chi connectivity index (χ0n) is 22.0. The molecule has 0 N–H and O–H groups in total. The second-order valence-electron chi connectivity index (χ2n) is 10.6. The lowest BCUT2D eigenvalue weighted by Gasteiger charge is -2.15. The van der Waals surface area contributed by atoms with Gasteiger partial charge in [-0.05, 0) is 40.6 Å². The van der Waals surface area contributed by atoms with E-state index in [0.29, 0.717) is 0 Å². The standard InChI is InChI=1S/C38H22N2O/c1-2-8-24(9-3-1)37-31-19-15-23-17-20-32-29(13-7-21-39-32)35(23)36(31)30-18-16-25(22-33(30)40-37)26-11-6-12-28-27-10-4-5-14-34(27)41-38(26)28/h1-22H. The molecular weight excluding hydrogens is 500 g/mol. The van der Waals surface area contributed by atoms with Crippen LogP contribution in [0.4, 0.5) is 0 Å². The molecule has 0 saturated carbocycles. The molecule has 9 aromatic rings. The second kappa shape index (κ2) is 8.48. The minimum Gasteiger partial charge on any atom is -0.455 e. The van der Waals surface area contributed by atoms with Crippen LogP contribution in [0.15, 0.2) is 138 Å². The SMILES string of the molecule is c1ccc(-c2nc3cc(-c4cccc5c4oc4ccccc45)ccc3c3c2ccc2ccc4ncccc4c23)cc1. The molecule has 3 heterocycles. The molecule has 0 spiro atoms. The Kier molecular flexibility index (Phi) is 4.61. The summed E-state index contributed by atoms with van der Waals surface area (Å²) in [6, 6.07) is 44.6. The highest BCUT2D eigenvalue weighted by Gasteiger charge is 2.17. The van der Waals surface area contributed by atoms with Gasteiger partial charge in [0.05, 0.1) is 16.7 Å². The molecule has 9 rings (SSSR count). The topological polar surface area (TPSA) is 38.9 Å². The van der Waals surface area contributed by atoms with Crippen molar-refractivity contribution < 1.29 is 4.42 Å². The van der Waals surface area contributed by atoms with Gasteiger partial charge in [-0.15, -0.1) is 0 Å². The maximum absolute atomic E-state index is 6.39. The number of fused-ring (bicyclic) bond motifs is 10. The van der Waals surface area contributed by atoms with E-state index < -0.39 is 0 Å². The molecule has 0 saturated heterocycles. The number of hydrogen-bond donors (Lipinski definition) is 0. The van der Waals surface area contributed by atoms with Gasteiger partial charge in [0.15, 0.2) is 0 Å². The first-order valence-electron chi connectivity index (χ1n) is 13.8. The maximum Gasteiger partial charge on any atom is 0.143 e.